The molecule has 2 N–H and O–H groups in total. The molecule has 2 aromatic carbocycles. The zero-order valence-electron chi connectivity index (χ0n) is 16.2. The highest BCUT2D eigenvalue weighted by atomic mass is 16.2. The zero-order chi connectivity index (χ0) is 19.4. The Kier molecular flexibility index (Phi) is 5.79. The molecule has 1 saturated heterocycles. The molecular weight excluding hydrogens is 338 g/mol. The monoisotopic (exact) mass is 365 g/mol. The molecule has 1 fully saturated rings. The van der Waals surface area contributed by atoms with E-state index in [0.29, 0.717) is 24.6 Å². The van der Waals surface area contributed by atoms with E-state index >= 15 is 0 Å². The Morgan fingerprint density at radius 3 is 2.52 bits per heavy atom. The van der Waals surface area contributed by atoms with E-state index in [1.807, 2.05) is 49.4 Å². The predicted molar refractivity (Wildman–Crippen MR) is 108 cm³/mol. The summed E-state index contributed by atoms with van der Waals surface area (Å²) in [5.74, 6) is 0.373. The molecule has 0 spiro atoms. The average Bonchev–Trinajstić information content (AvgIpc) is 3.07. The van der Waals surface area contributed by atoms with Gasteiger partial charge in [-0.05, 0) is 48.6 Å². The van der Waals surface area contributed by atoms with Gasteiger partial charge in [0.25, 0.3) is 5.91 Å². The van der Waals surface area contributed by atoms with E-state index in [4.69, 9.17) is 0 Å². The number of carbonyl (C=O) groups is 2. The molecule has 1 unspecified atom stereocenters. The fourth-order valence-corrected chi connectivity index (χ4v) is 3.48. The summed E-state index contributed by atoms with van der Waals surface area (Å²) >= 11 is 0. The van der Waals surface area contributed by atoms with Gasteiger partial charge in [0.1, 0.15) is 0 Å². The van der Waals surface area contributed by atoms with Crippen molar-refractivity contribution < 1.29 is 9.59 Å². The lowest BCUT2D eigenvalue weighted by molar-refractivity contribution is 0.0932. The van der Waals surface area contributed by atoms with Crippen LogP contribution in [0.1, 0.15) is 47.8 Å². The SMILES string of the molecule is Cc1cc(C(=O)NC(CC(C)C)c2ccccc2)ccc1N1CCNC1=O. The fraction of sp³-hybridized carbons (Fsp3) is 0.364. The lowest BCUT2D eigenvalue weighted by atomic mass is 9.96. The molecule has 0 aliphatic carbocycles. The summed E-state index contributed by atoms with van der Waals surface area (Å²) in [7, 11) is 0. The lowest BCUT2D eigenvalue weighted by Gasteiger charge is -2.22. The van der Waals surface area contributed by atoms with Crippen molar-refractivity contribution in [3.63, 3.8) is 0 Å². The number of benzene rings is 2. The van der Waals surface area contributed by atoms with Gasteiger partial charge in [0.05, 0.1) is 6.04 Å². The van der Waals surface area contributed by atoms with Crippen LogP contribution in [0.2, 0.25) is 0 Å². The standard InChI is InChI=1S/C22H27N3O2/c1-15(2)13-19(17-7-5-4-6-8-17)24-21(26)18-9-10-20(16(3)14-18)25-12-11-23-22(25)27/h4-10,14-15,19H,11-13H2,1-3H3,(H,23,27)(H,24,26). The van der Waals surface area contributed by atoms with Crippen LogP contribution in [0.5, 0.6) is 0 Å². The molecule has 0 saturated carbocycles. The lowest BCUT2D eigenvalue weighted by Crippen LogP contribution is -2.30. The van der Waals surface area contributed by atoms with E-state index in [9.17, 15) is 9.59 Å². The van der Waals surface area contributed by atoms with Crippen molar-refractivity contribution in [3.05, 3.63) is 65.2 Å². The highest BCUT2D eigenvalue weighted by Crippen LogP contribution is 2.25. The van der Waals surface area contributed by atoms with E-state index in [2.05, 4.69) is 24.5 Å². The summed E-state index contributed by atoms with van der Waals surface area (Å²) in [6.07, 6.45) is 0.876. The number of hydrogen-bond donors (Lipinski definition) is 2. The number of nitrogens with one attached hydrogen (secondary N) is 2. The van der Waals surface area contributed by atoms with E-state index in [1.54, 1.807) is 11.0 Å². The maximum atomic E-state index is 12.9. The number of amides is 3. The van der Waals surface area contributed by atoms with Gasteiger partial charge in [-0.1, -0.05) is 44.2 Å². The van der Waals surface area contributed by atoms with E-state index in [0.717, 1.165) is 23.2 Å². The molecule has 1 aliphatic heterocycles. The molecule has 1 aliphatic rings. The minimum absolute atomic E-state index is 0.0250. The number of carbonyl (C=O) groups excluding carboxylic acids is 2. The first-order chi connectivity index (χ1) is 13.0. The second-order valence-corrected chi connectivity index (χ2v) is 7.45. The third kappa shape index (κ3) is 4.48. The Hall–Kier alpha value is -2.82. The second-order valence-electron chi connectivity index (χ2n) is 7.45. The van der Waals surface area contributed by atoms with E-state index < -0.39 is 0 Å². The molecule has 1 atom stereocenters. The summed E-state index contributed by atoms with van der Waals surface area (Å²) < 4.78 is 0. The number of hydrogen-bond acceptors (Lipinski definition) is 2. The number of rotatable bonds is 6. The smallest absolute Gasteiger partial charge is 0.322 e. The summed E-state index contributed by atoms with van der Waals surface area (Å²) in [6.45, 7) is 7.54. The van der Waals surface area contributed by atoms with Gasteiger partial charge in [0.2, 0.25) is 0 Å². The zero-order valence-corrected chi connectivity index (χ0v) is 16.2. The van der Waals surface area contributed by atoms with E-state index in [-0.39, 0.29) is 18.0 Å². The van der Waals surface area contributed by atoms with E-state index in [1.165, 1.54) is 0 Å². The molecule has 0 aromatic heterocycles. The molecule has 27 heavy (non-hydrogen) atoms. The van der Waals surface area contributed by atoms with Crippen LogP contribution in [0.3, 0.4) is 0 Å². The quantitative estimate of drug-likeness (QED) is 0.811. The van der Waals surface area contributed by atoms with Crippen LogP contribution in [-0.2, 0) is 0 Å². The summed E-state index contributed by atoms with van der Waals surface area (Å²) in [4.78, 5) is 26.5. The highest BCUT2D eigenvalue weighted by molar-refractivity contribution is 5.98. The van der Waals surface area contributed by atoms with Gasteiger partial charge < -0.3 is 10.6 Å². The molecule has 5 nitrogen and oxygen atoms in total. The minimum atomic E-state index is -0.0926. The fourth-order valence-electron chi connectivity index (χ4n) is 3.48. The Labute approximate surface area is 160 Å². The maximum absolute atomic E-state index is 12.9. The average molecular weight is 365 g/mol. The molecule has 3 rings (SSSR count). The van der Waals surface area contributed by atoms with Crippen molar-refractivity contribution in [1.82, 2.24) is 10.6 Å². The van der Waals surface area contributed by atoms with Crippen molar-refractivity contribution in [2.45, 2.75) is 33.2 Å². The predicted octanol–water partition coefficient (Wildman–Crippen LogP) is 4.04. The summed E-state index contributed by atoms with van der Waals surface area (Å²) in [5, 5.41) is 5.98. The summed E-state index contributed by atoms with van der Waals surface area (Å²) in [6, 6.07) is 15.5. The van der Waals surface area contributed by atoms with Crippen LogP contribution < -0.4 is 15.5 Å². The summed E-state index contributed by atoms with van der Waals surface area (Å²) in [5.41, 5.74) is 3.49. The first kappa shape index (κ1) is 19.0. The minimum Gasteiger partial charge on any atom is -0.345 e. The molecular formula is C22H27N3O2. The molecule has 3 amide bonds. The largest absolute Gasteiger partial charge is 0.345 e. The Balaban J connectivity index is 1.78. The first-order valence-electron chi connectivity index (χ1n) is 9.47. The van der Waals surface area contributed by atoms with Gasteiger partial charge in [0.15, 0.2) is 0 Å². The molecule has 5 heteroatoms. The van der Waals surface area contributed by atoms with Gasteiger partial charge in [-0.3, -0.25) is 9.69 Å². The number of nitrogens with zero attached hydrogens (tertiary/aromatic N) is 1. The van der Waals surface area contributed by atoms with Gasteiger partial charge in [-0.25, -0.2) is 4.79 Å². The molecule has 2 aromatic rings. The van der Waals surface area contributed by atoms with Crippen LogP contribution in [0.4, 0.5) is 10.5 Å². The molecule has 0 bridgehead atoms. The van der Waals surface area contributed by atoms with Crippen LogP contribution in [-0.4, -0.2) is 25.0 Å². The highest BCUT2D eigenvalue weighted by Gasteiger charge is 2.23. The molecule has 0 radical (unpaired) electrons. The normalized spacial score (nSPS) is 15.0. The molecule has 1 heterocycles. The van der Waals surface area contributed by atoms with Gasteiger partial charge in [0, 0.05) is 24.3 Å². The number of aryl methyl sites for hydroxylation is 1. The third-order valence-corrected chi connectivity index (χ3v) is 4.82. The van der Waals surface area contributed by atoms with Crippen LogP contribution in [0.25, 0.3) is 0 Å². The topological polar surface area (TPSA) is 61.4 Å². The van der Waals surface area contributed by atoms with Crippen LogP contribution in [0, 0.1) is 12.8 Å². The van der Waals surface area contributed by atoms with Crippen molar-refractivity contribution in [1.29, 1.82) is 0 Å². The van der Waals surface area contributed by atoms with Crippen LogP contribution in [0.15, 0.2) is 48.5 Å². The maximum Gasteiger partial charge on any atom is 0.322 e. The molecule has 142 valence electrons. The van der Waals surface area contributed by atoms with Crippen molar-refractivity contribution in [2.24, 2.45) is 5.92 Å². The van der Waals surface area contributed by atoms with Gasteiger partial charge in [-0.2, -0.15) is 0 Å². The van der Waals surface area contributed by atoms with Crippen molar-refractivity contribution >= 4 is 17.6 Å². The third-order valence-electron chi connectivity index (χ3n) is 4.82. The van der Waals surface area contributed by atoms with Crippen molar-refractivity contribution in [2.75, 3.05) is 18.0 Å². The van der Waals surface area contributed by atoms with Crippen molar-refractivity contribution in [3.8, 4) is 0 Å². The first-order valence-corrected chi connectivity index (χ1v) is 9.47. The van der Waals surface area contributed by atoms with Crippen LogP contribution >= 0.6 is 0 Å². The Morgan fingerprint density at radius 2 is 1.93 bits per heavy atom. The second kappa shape index (κ2) is 8.25. The van der Waals surface area contributed by atoms with Gasteiger partial charge >= 0.3 is 6.03 Å². The van der Waals surface area contributed by atoms with Gasteiger partial charge in [-0.15, -0.1) is 0 Å². The Morgan fingerprint density at radius 1 is 1.19 bits per heavy atom. The number of anilines is 1. The Bertz CT molecular complexity index is 818. The number of urea groups is 1.